The van der Waals surface area contributed by atoms with E-state index in [4.69, 9.17) is 9.47 Å². The van der Waals surface area contributed by atoms with Gasteiger partial charge in [0.25, 0.3) is 10.0 Å². The van der Waals surface area contributed by atoms with Crippen LogP contribution in [0.25, 0.3) is 0 Å². The van der Waals surface area contributed by atoms with Crippen molar-refractivity contribution in [3.8, 4) is 11.5 Å². The van der Waals surface area contributed by atoms with Gasteiger partial charge >= 0.3 is 0 Å². The number of hydrogen-bond donors (Lipinski definition) is 1. The third kappa shape index (κ3) is 8.71. The molecule has 0 bridgehead atoms. The van der Waals surface area contributed by atoms with Crippen molar-refractivity contribution in [1.29, 1.82) is 0 Å². The molecule has 0 radical (unpaired) electrons. The smallest absolute Gasteiger partial charge is 0.264 e. The first kappa shape index (κ1) is 35.9. The first-order chi connectivity index (χ1) is 23.0. The predicted octanol–water partition coefficient (Wildman–Crippen LogP) is 5.82. The maximum absolute atomic E-state index is 15.1. The minimum Gasteiger partial charge on any atom is -0.493 e. The van der Waals surface area contributed by atoms with Crippen molar-refractivity contribution >= 4 is 27.5 Å². The van der Waals surface area contributed by atoms with E-state index in [9.17, 15) is 18.0 Å². The van der Waals surface area contributed by atoms with Gasteiger partial charge in [0, 0.05) is 31.1 Å². The highest BCUT2D eigenvalue weighted by Crippen LogP contribution is 2.33. The second kappa shape index (κ2) is 16.3. The van der Waals surface area contributed by atoms with Gasteiger partial charge in [0.15, 0.2) is 11.5 Å². The minimum absolute atomic E-state index is 0.128. The van der Waals surface area contributed by atoms with Crippen LogP contribution in [-0.2, 0) is 32.6 Å². The summed E-state index contributed by atoms with van der Waals surface area (Å²) in [7, 11) is -1.56. The monoisotopic (exact) mass is 675 g/mol. The van der Waals surface area contributed by atoms with E-state index in [2.05, 4.69) is 5.32 Å². The zero-order valence-corrected chi connectivity index (χ0v) is 28.7. The Balaban J connectivity index is 1.85. The lowest BCUT2D eigenvalue weighted by Gasteiger charge is -2.34. The van der Waals surface area contributed by atoms with E-state index >= 15 is 4.39 Å². The molecule has 4 aromatic rings. The molecule has 0 aliphatic heterocycles. The zero-order valence-electron chi connectivity index (χ0n) is 27.9. The minimum atomic E-state index is -4.40. The third-order valence-corrected chi connectivity index (χ3v) is 9.61. The Morgan fingerprint density at radius 1 is 0.854 bits per heavy atom. The van der Waals surface area contributed by atoms with Crippen molar-refractivity contribution in [2.45, 2.75) is 51.1 Å². The molecule has 2 amide bonds. The number of aryl methyl sites for hydroxylation is 2. The van der Waals surface area contributed by atoms with Gasteiger partial charge in [-0.15, -0.1) is 0 Å². The van der Waals surface area contributed by atoms with Crippen LogP contribution in [0.4, 0.5) is 10.1 Å². The Morgan fingerprint density at radius 3 is 2.12 bits per heavy atom. The third-order valence-electron chi connectivity index (χ3n) is 7.84. The number of benzene rings is 4. The van der Waals surface area contributed by atoms with Crippen LogP contribution >= 0.6 is 0 Å². The van der Waals surface area contributed by atoms with Crippen molar-refractivity contribution in [2.75, 3.05) is 31.6 Å². The second-order valence-electron chi connectivity index (χ2n) is 11.5. The molecule has 11 heteroatoms. The molecule has 1 N–H and O–H groups in total. The van der Waals surface area contributed by atoms with Crippen molar-refractivity contribution in [1.82, 2.24) is 10.2 Å². The molecule has 0 heterocycles. The highest BCUT2D eigenvalue weighted by atomic mass is 32.2. The molecule has 0 fully saturated rings. The van der Waals surface area contributed by atoms with E-state index in [0.717, 1.165) is 21.0 Å². The summed E-state index contributed by atoms with van der Waals surface area (Å²) in [5.74, 6) is -1.13. The lowest BCUT2D eigenvalue weighted by molar-refractivity contribution is -0.140. The fourth-order valence-corrected chi connectivity index (χ4v) is 6.87. The number of carbonyl (C=O) groups is 2. The number of nitrogens with zero attached hydrogens (tertiary/aromatic N) is 2. The number of sulfonamides is 1. The van der Waals surface area contributed by atoms with Crippen LogP contribution in [0.15, 0.2) is 95.9 Å². The number of nitrogens with one attached hydrogen (secondary N) is 1. The molecule has 48 heavy (non-hydrogen) atoms. The molecule has 4 aromatic carbocycles. The van der Waals surface area contributed by atoms with E-state index in [0.29, 0.717) is 18.7 Å². The number of methoxy groups -OCH3 is 2. The second-order valence-corrected chi connectivity index (χ2v) is 13.3. The summed E-state index contributed by atoms with van der Waals surface area (Å²) in [4.78, 5) is 29.5. The fourth-order valence-electron chi connectivity index (χ4n) is 5.46. The molecule has 254 valence electrons. The lowest BCUT2D eigenvalue weighted by atomic mass is 10.0. The molecule has 0 aliphatic carbocycles. The summed E-state index contributed by atoms with van der Waals surface area (Å²) in [6.45, 7) is 5.01. The van der Waals surface area contributed by atoms with E-state index in [-0.39, 0.29) is 34.9 Å². The largest absolute Gasteiger partial charge is 0.493 e. The number of ether oxygens (including phenoxy) is 2. The van der Waals surface area contributed by atoms with Crippen LogP contribution in [0, 0.1) is 19.7 Å². The Morgan fingerprint density at radius 2 is 1.50 bits per heavy atom. The fraction of sp³-hybridized carbons (Fsp3) is 0.297. The summed E-state index contributed by atoms with van der Waals surface area (Å²) in [5, 5.41) is 2.88. The number of amides is 2. The van der Waals surface area contributed by atoms with Gasteiger partial charge in [0.05, 0.1) is 24.8 Å². The van der Waals surface area contributed by atoms with Gasteiger partial charge in [-0.2, -0.15) is 0 Å². The quantitative estimate of drug-likeness (QED) is 0.170. The average Bonchev–Trinajstić information content (AvgIpc) is 3.07. The summed E-state index contributed by atoms with van der Waals surface area (Å²) >= 11 is 0. The van der Waals surface area contributed by atoms with Crippen molar-refractivity contribution in [3.05, 3.63) is 119 Å². The lowest BCUT2D eigenvalue weighted by Crippen LogP contribution is -2.53. The van der Waals surface area contributed by atoms with Gasteiger partial charge in [-0.25, -0.2) is 12.8 Å². The Hall–Kier alpha value is -4.90. The highest BCUT2D eigenvalue weighted by molar-refractivity contribution is 7.92. The highest BCUT2D eigenvalue weighted by Gasteiger charge is 2.35. The van der Waals surface area contributed by atoms with Crippen LogP contribution < -0.4 is 19.1 Å². The van der Waals surface area contributed by atoms with E-state index in [1.807, 2.05) is 57.2 Å². The zero-order chi connectivity index (χ0) is 34.8. The van der Waals surface area contributed by atoms with Gasteiger partial charge in [0.1, 0.15) is 18.4 Å². The Bertz CT molecular complexity index is 1810. The summed E-state index contributed by atoms with van der Waals surface area (Å²) in [5.41, 5.74) is 2.80. The van der Waals surface area contributed by atoms with Crippen molar-refractivity contribution in [2.24, 2.45) is 0 Å². The van der Waals surface area contributed by atoms with Crippen LogP contribution in [0.3, 0.4) is 0 Å². The van der Waals surface area contributed by atoms with Crippen molar-refractivity contribution < 1.29 is 31.9 Å². The van der Waals surface area contributed by atoms with Gasteiger partial charge < -0.3 is 19.7 Å². The molecule has 0 aromatic heterocycles. The number of carbonyl (C=O) groups excluding carboxylic acids is 2. The molecule has 0 spiro atoms. The molecule has 4 rings (SSSR count). The van der Waals surface area contributed by atoms with E-state index < -0.39 is 40.2 Å². The predicted molar refractivity (Wildman–Crippen MR) is 184 cm³/mol. The number of rotatable bonds is 15. The standard InChI is InChI=1S/C37H42FN3O6S/c1-6-18-39-37(43)33(22-28-12-8-7-9-13-28)40(24-29-14-10-11-15-32(29)38)36(42)25-41(30-20-26(2)19-27(3)21-30)48(44,45)31-16-17-34(46-4)35(23-31)47-5/h7-17,19-21,23,33H,6,18,22,24-25H2,1-5H3,(H,39,43)/t33-/m0/s1. The summed E-state index contributed by atoms with van der Waals surface area (Å²) in [6, 6.07) is 23.6. The SMILES string of the molecule is CCCNC(=O)[C@H](Cc1ccccc1)N(Cc1ccccc1F)C(=O)CN(c1cc(C)cc(C)c1)S(=O)(=O)c1ccc(OC)c(OC)c1. The van der Waals surface area contributed by atoms with Crippen LogP contribution in [-0.4, -0.2) is 58.5 Å². The van der Waals surface area contributed by atoms with Crippen LogP contribution in [0.5, 0.6) is 11.5 Å². The summed E-state index contributed by atoms with van der Waals surface area (Å²) < 4.78 is 55.7. The van der Waals surface area contributed by atoms with Gasteiger partial charge in [0.2, 0.25) is 11.8 Å². The molecule has 1 atom stereocenters. The molecule has 0 saturated heterocycles. The molecule has 0 aliphatic rings. The molecular weight excluding hydrogens is 633 g/mol. The first-order valence-corrected chi connectivity index (χ1v) is 17.1. The van der Waals surface area contributed by atoms with Crippen LogP contribution in [0.1, 0.15) is 35.6 Å². The normalized spacial score (nSPS) is 11.8. The van der Waals surface area contributed by atoms with Gasteiger partial charge in [-0.1, -0.05) is 61.5 Å². The van der Waals surface area contributed by atoms with Gasteiger partial charge in [-0.3, -0.25) is 13.9 Å². The number of anilines is 1. The Labute approximate surface area is 282 Å². The topological polar surface area (TPSA) is 105 Å². The molecule has 9 nitrogen and oxygen atoms in total. The van der Waals surface area contributed by atoms with E-state index in [1.54, 1.807) is 24.3 Å². The number of hydrogen-bond acceptors (Lipinski definition) is 6. The van der Waals surface area contributed by atoms with E-state index in [1.165, 1.54) is 49.5 Å². The Kier molecular flexibility index (Phi) is 12.2. The summed E-state index contributed by atoms with van der Waals surface area (Å²) in [6.07, 6.45) is 0.789. The van der Waals surface area contributed by atoms with Gasteiger partial charge in [-0.05, 0) is 67.3 Å². The molecule has 0 saturated carbocycles. The first-order valence-electron chi connectivity index (χ1n) is 15.7. The maximum atomic E-state index is 15.1. The maximum Gasteiger partial charge on any atom is 0.264 e. The van der Waals surface area contributed by atoms with Crippen LogP contribution in [0.2, 0.25) is 0 Å². The molecular formula is C37H42FN3O6S. The molecule has 0 unspecified atom stereocenters. The average molecular weight is 676 g/mol. The number of halogens is 1. The van der Waals surface area contributed by atoms with Crippen molar-refractivity contribution in [3.63, 3.8) is 0 Å².